The number of anilines is 10. The molecule has 0 saturated carbocycles. The van der Waals surface area contributed by atoms with Gasteiger partial charge in [0.15, 0.2) is 0 Å². The molecule has 0 spiro atoms. The van der Waals surface area contributed by atoms with Crippen LogP contribution in [-0.2, 0) is 0 Å². The van der Waals surface area contributed by atoms with Gasteiger partial charge in [-0.15, -0.1) is 0 Å². The van der Waals surface area contributed by atoms with Gasteiger partial charge in [0.2, 0.25) is 6.71 Å². The molecule has 0 atom stereocenters. The Labute approximate surface area is 506 Å². The second kappa shape index (κ2) is 20.2. The first-order valence-corrected chi connectivity index (χ1v) is 30.6. The van der Waals surface area contributed by atoms with E-state index in [-0.39, 0.29) is 13.6 Å². The van der Waals surface area contributed by atoms with Gasteiger partial charge in [0.05, 0.1) is 22.4 Å². The van der Waals surface area contributed by atoms with Crippen LogP contribution in [0.2, 0.25) is 0 Å². The average molecular weight is 1120 g/mol. The van der Waals surface area contributed by atoms with Crippen LogP contribution >= 0.6 is 11.8 Å². The van der Waals surface area contributed by atoms with Gasteiger partial charge in [-0.3, -0.25) is 0 Å². The molecule has 5 nitrogen and oxygen atoms in total. The van der Waals surface area contributed by atoms with Crippen molar-refractivity contribution in [3.8, 4) is 27.9 Å². The van der Waals surface area contributed by atoms with E-state index in [0.717, 1.165) is 62.3 Å². The van der Waals surface area contributed by atoms with Crippen LogP contribution in [0.4, 0.5) is 56.9 Å². The number of para-hydroxylation sites is 8. The van der Waals surface area contributed by atoms with Gasteiger partial charge < -0.3 is 24.1 Å². The van der Waals surface area contributed by atoms with E-state index in [0.29, 0.717) is 0 Å². The van der Waals surface area contributed by atoms with E-state index in [2.05, 4.69) is 335 Å². The average Bonchev–Trinajstić information content (AvgIpc) is 3.20. The SMILES string of the molecule is C/C=C\C1=C(C)B2c3cc4c(cc3N(c3ccccc3-c3ccccc3)c3cc(N(c5ccccc5)c5ccccc5)cc(c32)N1c1ccccc1)Sc1cc(-n2c3ccccc3c3ccccc32)cc2c1B4N(c1ccccc1)c1ccccc1-2. The van der Waals surface area contributed by atoms with Crippen LogP contribution in [0.3, 0.4) is 0 Å². The molecule has 0 fully saturated rings. The summed E-state index contributed by atoms with van der Waals surface area (Å²) in [6.07, 6.45) is 4.55. The highest BCUT2D eigenvalue weighted by Gasteiger charge is 2.48. The summed E-state index contributed by atoms with van der Waals surface area (Å²) in [5.41, 5.74) is 27.3. The molecular weight excluding hydrogens is 1060 g/mol. The predicted octanol–water partition coefficient (Wildman–Crippen LogP) is 18.2. The minimum absolute atomic E-state index is 0.118. The van der Waals surface area contributed by atoms with E-state index in [1.165, 1.54) is 87.1 Å². The molecule has 12 aromatic carbocycles. The maximum atomic E-state index is 2.64. The second-order valence-electron chi connectivity index (χ2n) is 22.7. The van der Waals surface area contributed by atoms with Gasteiger partial charge in [-0.1, -0.05) is 205 Å². The van der Waals surface area contributed by atoms with Crippen molar-refractivity contribution in [2.45, 2.75) is 23.6 Å². The van der Waals surface area contributed by atoms with Gasteiger partial charge in [-0.25, -0.2) is 0 Å². The van der Waals surface area contributed by atoms with Crippen LogP contribution in [0.1, 0.15) is 13.8 Å². The van der Waals surface area contributed by atoms with E-state index >= 15 is 0 Å². The monoisotopic (exact) mass is 1120 g/mol. The van der Waals surface area contributed by atoms with Gasteiger partial charge in [0, 0.05) is 88.6 Å². The van der Waals surface area contributed by atoms with Crippen LogP contribution in [0.15, 0.2) is 318 Å². The van der Waals surface area contributed by atoms with Gasteiger partial charge in [-0.05, 0) is 156 Å². The van der Waals surface area contributed by atoms with Crippen molar-refractivity contribution in [3.63, 3.8) is 0 Å². The van der Waals surface area contributed by atoms with Crippen LogP contribution < -0.4 is 41.4 Å². The lowest BCUT2D eigenvalue weighted by Crippen LogP contribution is -2.62. The fourth-order valence-electron chi connectivity index (χ4n) is 14.5. The van der Waals surface area contributed by atoms with Crippen molar-refractivity contribution in [2.75, 3.05) is 19.5 Å². The summed E-state index contributed by atoms with van der Waals surface area (Å²) < 4.78 is 2.49. The number of aromatic nitrogens is 1. The fourth-order valence-corrected chi connectivity index (χ4v) is 15.7. The Kier molecular flexibility index (Phi) is 11.8. The predicted molar refractivity (Wildman–Crippen MR) is 366 cm³/mol. The second-order valence-corrected chi connectivity index (χ2v) is 23.8. The van der Waals surface area contributed by atoms with Crippen molar-refractivity contribution < 1.29 is 0 Å². The Hall–Kier alpha value is -10.4. The molecule has 17 rings (SSSR count). The Bertz CT molecular complexity index is 4820. The lowest BCUT2D eigenvalue weighted by molar-refractivity contribution is 1.16. The van der Waals surface area contributed by atoms with Gasteiger partial charge in [-0.2, -0.15) is 0 Å². The molecule has 8 heteroatoms. The molecule has 404 valence electrons. The summed E-state index contributed by atoms with van der Waals surface area (Å²) in [6.45, 7) is 4.26. The molecule has 0 bridgehead atoms. The number of hydrogen-bond donors (Lipinski definition) is 0. The van der Waals surface area contributed by atoms with Crippen molar-refractivity contribution in [3.05, 3.63) is 308 Å². The topological polar surface area (TPSA) is 17.9 Å². The smallest absolute Gasteiger partial charge is 0.331 e. The maximum Gasteiger partial charge on any atom is 0.331 e. The summed E-state index contributed by atoms with van der Waals surface area (Å²) >= 11 is 1.93. The first kappa shape index (κ1) is 50.1. The van der Waals surface area contributed by atoms with E-state index in [4.69, 9.17) is 0 Å². The van der Waals surface area contributed by atoms with E-state index in [1.54, 1.807) is 0 Å². The Balaban J connectivity index is 0.988. The summed E-state index contributed by atoms with van der Waals surface area (Å²) in [4.78, 5) is 12.7. The summed E-state index contributed by atoms with van der Waals surface area (Å²) in [6, 6.07) is 106. The third-order valence-corrected chi connectivity index (χ3v) is 19.2. The number of hydrogen-bond acceptors (Lipinski definition) is 5. The fraction of sp³-hybridized carbons (Fsp3) is 0.0256. The van der Waals surface area contributed by atoms with Gasteiger partial charge >= 0.3 is 6.85 Å². The first-order valence-electron chi connectivity index (χ1n) is 29.8. The highest BCUT2D eigenvalue weighted by atomic mass is 32.2. The Morgan fingerprint density at radius 1 is 0.395 bits per heavy atom. The molecule has 86 heavy (non-hydrogen) atoms. The van der Waals surface area contributed by atoms with Crippen molar-refractivity contribution >= 4 is 126 Å². The molecule has 0 unspecified atom stereocenters. The molecule has 0 radical (unpaired) electrons. The number of fused-ring (bicyclic) bond motifs is 9. The highest BCUT2D eigenvalue weighted by Crippen LogP contribution is 2.52. The van der Waals surface area contributed by atoms with Crippen LogP contribution in [0.25, 0.3) is 49.7 Å². The molecule has 13 aromatic rings. The minimum Gasteiger partial charge on any atom is -0.376 e. The molecule has 0 saturated heterocycles. The molecule has 5 heterocycles. The van der Waals surface area contributed by atoms with Crippen molar-refractivity contribution in [1.82, 2.24) is 4.57 Å². The lowest BCUT2D eigenvalue weighted by atomic mass is 9.32. The zero-order valence-corrected chi connectivity index (χ0v) is 48.4. The van der Waals surface area contributed by atoms with Crippen molar-refractivity contribution in [1.29, 1.82) is 0 Å². The summed E-state index contributed by atoms with van der Waals surface area (Å²) in [7, 11) is 0. The molecule has 1 aromatic heterocycles. The standard InChI is InChI=1S/C78H55B2N5S/c1-3-27-67-52(2)79-65-50-66-75(86-76-49-58(83-69-43-24-20-39-61(69)62-40-21-25-44-70(62)83)46-64-63-41-22-26-45-71(63)85(80(66)77(64)76)57-36-17-8-18-37-57)51-72(65)84(68-42-23-19-38-60(68)53-28-9-4-10-29-53)74-48-59(47-73(78(74)79)82(67)56-34-15-7-16-35-56)81(54-30-11-5-12-31-54)55-32-13-6-14-33-55/h3-51H,1-2H3/b27-3-. The third kappa shape index (κ3) is 7.69. The third-order valence-electron chi connectivity index (χ3n) is 18.0. The molecule has 4 aliphatic heterocycles. The van der Waals surface area contributed by atoms with Crippen LogP contribution in [0.5, 0.6) is 0 Å². The zero-order chi connectivity index (χ0) is 57.0. The summed E-state index contributed by atoms with van der Waals surface area (Å²) in [5.74, 6) is 0. The summed E-state index contributed by atoms with van der Waals surface area (Å²) in [5, 5.41) is 2.50. The molecule has 4 aliphatic rings. The Morgan fingerprint density at radius 2 is 0.942 bits per heavy atom. The first-order chi connectivity index (χ1) is 42.6. The quantitative estimate of drug-likeness (QED) is 0.134. The van der Waals surface area contributed by atoms with E-state index in [9.17, 15) is 0 Å². The van der Waals surface area contributed by atoms with Gasteiger partial charge in [0.1, 0.15) is 0 Å². The van der Waals surface area contributed by atoms with E-state index in [1.807, 2.05) is 11.8 Å². The zero-order valence-electron chi connectivity index (χ0n) is 47.6. The Morgan fingerprint density at radius 3 is 1.59 bits per heavy atom. The molecular formula is C78H55B2N5S. The number of allylic oxidation sites excluding steroid dienone is 3. The largest absolute Gasteiger partial charge is 0.376 e. The van der Waals surface area contributed by atoms with Crippen LogP contribution in [0, 0.1) is 0 Å². The highest BCUT2D eigenvalue weighted by molar-refractivity contribution is 8.00. The van der Waals surface area contributed by atoms with E-state index < -0.39 is 0 Å². The number of rotatable bonds is 9. The molecule has 0 aliphatic carbocycles. The van der Waals surface area contributed by atoms with Crippen molar-refractivity contribution in [2.24, 2.45) is 0 Å². The number of benzene rings is 12. The van der Waals surface area contributed by atoms with Gasteiger partial charge in [0.25, 0.3) is 0 Å². The normalized spacial score (nSPS) is 13.7. The maximum absolute atomic E-state index is 2.64. The lowest BCUT2D eigenvalue weighted by Gasteiger charge is -2.47. The van der Waals surface area contributed by atoms with Crippen LogP contribution in [-0.4, -0.2) is 18.1 Å². The molecule has 0 amide bonds. The molecule has 0 N–H and O–H groups in total. The number of nitrogens with zero attached hydrogens (tertiary/aromatic N) is 5. The minimum atomic E-state index is -0.159.